The lowest BCUT2D eigenvalue weighted by Gasteiger charge is -2.24. The van der Waals surface area contributed by atoms with Crippen molar-refractivity contribution >= 4 is 23.0 Å². The van der Waals surface area contributed by atoms with Crippen molar-refractivity contribution in [3.8, 4) is 0 Å². The van der Waals surface area contributed by atoms with E-state index >= 15 is 0 Å². The Morgan fingerprint density at radius 3 is 3.13 bits per heavy atom. The molecule has 2 fully saturated rings. The van der Waals surface area contributed by atoms with E-state index < -0.39 is 0 Å². The van der Waals surface area contributed by atoms with Crippen LogP contribution in [0.2, 0.25) is 0 Å². The molecule has 0 radical (unpaired) electrons. The predicted octanol–water partition coefficient (Wildman–Crippen LogP) is 1.38. The first-order valence-corrected chi connectivity index (χ1v) is 8.22. The highest BCUT2D eigenvalue weighted by molar-refractivity contribution is 5.86. The largest absolute Gasteiger partial charge is 0.347 e. The average Bonchev–Trinajstić information content (AvgIpc) is 3.29. The third kappa shape index (κ3) is 2.74. The van der Waals surface area contributed by atoms with Crippen LogP contribution in [0.15, 0.2) is 24.4 Å². The standard InChI is InChI=1S/C17H21N5O/c18-8-14(6-10-1-4-15-12(5-10)9-19-22-15)21-17(23)16-11-2-3-13(7-11)20-16/h1,4-5,8-9,11,13-14,16,18,20H,2-3,6-7H2,(H,19,22)(H,21,23)/t11-,13+,14?,16-/m0/s1. The van der Waals surface area contributed by atoms with Gasteiger partial charge in [0.15, 0.2) is 0 Å². The fourth-order valence-corrected chi connectivity index (χ4v) is 3.95. The van der Waals surface area contributed by atoms with E-state index in [1.54, 1.807) is 6.20 Å². The number of carbonyl (C=O) groups excluding carboxylic acids is 1. The van der Waals surface area contributed by atoms with E-state index in [0.717, 1.165) is 29.3 Å². The summed E-state index contributed by atoms with van der Waals surface area (Å²) in [5.41, 5.74) is 2.09. The molecule has 4 rings (SSSR count). The van der Waals surface area contributed by atoms with Gasteiger partial charge in [-0.3, -0.25) is 9.89 Å². The van der Waals surface area contributed by atoms with Crippen molar-refractivity contribution in [2.45, 2.75) is 43.8 Å². The maximum absolute atomic E-state index is 12.5. The Bertz CT molecular complexity index is 739. The summed E-state index contributed by atoms with van der Waals surface area (Å²) in [5.74, 6) is 0.503. The van der Waals surface area contributed by atoms with Gasteiger partial charge in [-0.05, 0) is 49.3 Å². The van der Waals surface area contributed by atoms with Gasteiger partial charge in [-0.25, -0.2) is 0 Å². The molecule has 1 aromatic carbocycles. The maximum Gasteiger partial charge on any atom is 0.237 e. The topological polar surface area (TPSA) is 93.7 Å². The average molecular weight is 311 g/mol. The lowest BCUT2D eigenvalue weighted by molar-refractivity contribution is -0.124. The fraction of sp³-hybridized carbons (Fsp3) is 0.471. The summed E-state index contributed by atoms with van der Waals surface area (Å²) in [4.78, 5) is 12.5. The molecule has 120 valence electrons. The fourth-order valence-electron chi connectivity index (χ4n) is 3.95. The summed E-state index contributed by atoms with van der Waals surface area (Å²) < 4.78 is 0. The molecule has 2 bridgehead atoms. The Morgan fingerprint density at radius 2 is 2.39 bits per heavy atom. The number of H-pyrrole nitrogens is 1. The second-order valence-corrected chi connectivity index (χ2v) is 6.69. The number of fused-ring (bicyclic) bond motifs is 3. The molecule has 6 nitrogen and oxygen atoms in total. The van der Waals surface area contributed by atoms with Crippen molar-refractivity contribution in [1.82, 2.24) is 20.8 Å². The molecule has 1 unspecified atom stereocenters. The number of hydrogen-bond donors (Lipinski definition) is 4. The van der Waals surface area contributed by atoms with Gasteiger partial charge in [0.1, 0.15) is 0 Å². The van der Waals surface area contributed by atoms with E-state index in [1.807, 2.05) is 12.1 Å². The van der Waals surface area contributed by atoms with Gasteiger partial charge in [0.05, 0.1) is 23.8 Å². The van der Waals surface area contributed by atoms with Crippen LogP contribution in [0.1, 0.15) is 24.8 Å². The lowest BCUT2D eigenvalue weighted by Crippen LogP contribution is -2.51. The number of nitrogens with one attached hydrogen (secondary N) is 4. The minimum absolute atomic E-state index is 0.0371. The number of aromatic nitrogens is 2. The number of nitrogens with zero attached hydrogens (tertiary/aromatic N) is 1. The maximum atomic E-state index is 12.5. The molecule has 23 heavy (non-hydrogen) atoms. The van der Waals surface area contributed by atoms with E-state index in [2.05, 4.69) is 26.9 Å². The highest BCUT2D eigenvalue weighted by atomic mass is 16.2. The van der Waals surface area contributed by atoms with E-state index in [0.29, 0.717) is 18.4 Å². The zero-order chi connectivity index (χ0) is 15.8. The minimum Gasteiger partial charge on any atom is -0.347 e. The Hall–Kier alpha value is -2.21. The van der Waals surface area contributed by atoms with Crippen LogP contribution in [-0.2, 0) is 11.2 Å². The molecule has 1 amide bonds. The van der Waals surface area contributed by atoms with Crippen LogP contribution in [0.5, 0.6) is 0 Å². The summed E-state index contributed by atoms with van der Waals surface area (Å²) in [6.45, 7) is 0. The molecule has 0 spiro atoms. The SMILES string of the molecule is N=CC(Cc1ccc2[nH]ncc2c1)NC(=O)[C@H]1N[C@@H]2CC[C@H]1C2. The first-order valence-electron chi connectivity index (χ1n) is 8.22. The molecule has 1 aliphatic heterocycles. The summed E-state index contributed by atoms with van der Waals surface area (Å²) in [6, 6.07) is 6.21. The molecule has 6 heteroatoms. The molecular formula is C17H21N5O. The van der Waals surface area contributed by atoms with Crippen LogP contribution in [-0.4, -0.2) is 40.4 Å². The Kier molecular flexibility index (Phi) is 3.61. The molecule has 1 aliphatic carbocycles. The van der Waals surface area contributed by atoms with Crippen molar-refractivity contribution in [2.75, 3.05) is 0 Å². The molecule has 2 heterocycles. The summed E-state index contributed by atoms with van der Waals surface area (Å²) in [5, 5.41) is 22.0. The van der Waals surface area contributed by atoms with E-state index in [9.17, 15) is 4.79 Å². The van der Waals surface area contributed by atoms with Gasteiger partial charge in [-0.2, -0.15) is 5.10 Å². The first kappa shape index (κ1) is 14.4. The molecule has 1 saturated carbocycles. The molecule has 2 aliphatic rings. The van der Waals surface area contributed by atoms with E-state index in [1.165, 1.54) is 12.6 Å². The van der Waals surface area contributed by atoms with Crippen LogP contribution >= 0.6 is 0 Å². The molecule has 2 aromatic rings. The number of carbonyl (C=O) groups is 1. The van der Waals surface area contributed by atoms with Crippen LogP contribution in [0.3, 0.4) is 0 Å². The monoisotopic (exact) mass is 311 g/mol. The highest BCUT2D eigenvalue weighted by Crippen LogP contribution is 2.35. The zero-order valence-electron chi connectivity index (χ0n) is 12.9. The number of hydrogen-bond acceptors (Lipinski definition) is 4. The number of benzene rings is 1. The predicted molar refractivity (Wildman–Crippen MR) is 88.6 cm³/mol. The third-order valence-electron chi connectivity index (χ3n) is 5.13. The summed E-state index contributed by atoms with van der Waals surface area (Å²) in [7, 11) is 0. The van der Waals surface area contributed by atoms with Crippen molar-refractivity contribution in [3.05, 3.63) is 30.0 Å². The Labute approximate surface area is 134 Å². The quantitative estimate of drug-likeness (QED) is 0.628. The summed E-state index contributed by atoms with van der Waals surface area (Å²) >= 11 is 0. The highest BCUT2D eigenvalue weighted by Gasteiger charge is 2.42. The number of aromatic amines is 1. The van der Waals surface area contributed by atoms with Crippen LogP contribution in [0.4, 0.5) is 0 Å². The number of amides is 1. The van der Waals surface area contributed by atoms with Gasteiger partial charge in [0, 0.05) is 17.6 Å². The molecule has 4 atom stereocenters. The Balaban J connectivity index is 1.42. The smallest absolute Gasteiger partial charge is 0.237 e. The zero-order valence-corrected chi connectivity index (χ0v) is 12.9. The minimum atomic E-state index is -0.271. The molecule has 4 N–H and O–H groups in total. The van der Waals surface area contributed by atoms with Gasteiger partial charge < -0.3 is 16.0 Å². The second kappa shape index (κ2) is 5.77. The van der Waals surface area contributed by atoms with Crippen LogP contribution in [0.25, 0.3) is 10.9 Å². The third-order valence-corrected chi connectivity index (χ3v) is 5.13. The van der Waals surface area contributed by atoms with Gasteiger partial charge in [-0.1, -0.05) is 6.07 Å². The number of rotatable bonds is 5. The van der Waals surface area contributed by atoms with Crippen LogP contribution in [0, 0.1) is 11.3 Å². The second-order valence-electron chi connectivity index (χ2n) is 6.69. The first-order chi connectivity index (χ1) is 11.2. The van der Waals surface area contributed by atoms with Crippen molar-refractivity contribution in [3.63, 3.8) is 0 Å². The van der Waals surface area contributed by atoms with E-state index in [4.69, 9.17) is 5.41 Å². The van der Waals surface area contributed by atoms with Crippen LogP contribution < -0.4 is 10.6 Å². The van der Waals surface area contributed by atoms with E-state index in [-0.39, 0.29) is 18.0 Å². The van der Waals surface area contributed by atoms with Crippen molar-refractivity contribution < 1.29 is 4.79 Å². The Morgan fingerprint density at radius 1 is 1.48 bits per heavy atom. The van der Waals surface area contributed by atoms with Gasteiger partial charge >= 0.3 is 0 Å². The van der Waals surface area contributed by atoms with Crippen molar-refractivity contribution in [2.24, 2.45) is 5.92 Å². The molecule has 1 saturated heterocycles. The normalized spacial score (nSPS) is 27.2. The van der Waals surface area contributed by atoms with Gasteiger partial charge in [-0.15, -0.1) is 0 Å². The summed E-state index contributed by atoms with van der Waals surface area (Å²) in [6.07, 6.45) is 7.18. The van der Waals surface area contributed by atoms with Crippen molar-refractivity contribution in [1.29, 1.82) is 5.41 Å². The van der Waals surface area contributed by atoms with Gasteiger partial charge in [0.25, 0.3) is 0 Å². The lowest BCUT2D eigenvalue weighted by atomic mass is 9.98. The molecular weight excluding hydrogens is 290 g/mol. The number of piperidine rings is 1. The molecule has 1 aromatic heterocycles. The van der Waals surface area contributed by atoms with Gasteiger partial charge in [0.2, 0.25) is 5.91 Å².